The van der Waals surface area contributed by atoms with Gasteiger partial charge in [-0.2, -0.15) is 0 Å². The van der Waals surface area contributed by atoms with E-state index >= 15 is 0 Å². The summed E-state index contributed by atoms with van der Waals surface area (Å²) >= 11 is 0. The van der Waals surface area contributed by atoms with E-state index in [1.807, 2.05) is 50.8 Å². The summed E-state index contributed by atoms with van der Waals surface area (Å²) in [6.45, 7) is 10.4. The third-order valence-electron chi connectivity index (χ3n) is 4.28. The van der Waals surface area contributed by atoms with Gasteiger partial charge >= 0.3 is 0 Å². The fourth-order valence-electron chi connectivity index (χ4n) is 2.80. The van der Waals surface area contributed by atoms with E-state index in [4.69, 9.17) is 15.2 Å². The molecule has 0 saturated carbocycles. The van der Waals surface area contributed by atoms with Crippen LogP contribution in [0.15, 0.2) is 30.3 Å². The summed E-state index contributed by atoms with van der Waals surface area (Å²) in [6.07, 6.45) is 0.396. The van der Waals surface area contributed by atoms with Crippen molar-refractivity contribution in [2.45, 2.75) is 40.4 Å². The number of benzene rings is 1. The fraction of sp³-hybridized carbons (Fsp3) is 0.650. The maximum Gasteiger partial charge on any atom is 0.227 e. The van der Waals surface area contributed by atoms with Gasteiger partial charge in [0.05, 0.1) is 12.5 Å². The van der Waals surface area contributed by atoms with Crippen LogP contribution in [0.4, 0.5) is 0 Å². The molecule has 0 radical (unpaired) electrons. The van der Waals surface area contributed by atoms with Gasteiger partial charge in [0, 0.05) is 26.3 Å². The van der Waals surface area contributed by atoms with Crippen molar-refractivity contribution in [2.75, 3.05) is 32.8 Å². The molecule has 2 N–H and O–H groups in total. The van der Waals surface area contributed by atoms with Crippen molar-refractivity contribution in [3.8, 4) is 0 Å². The van der Waals surface area contributed by atoms with E-state index in [0.29, 0.717) is 32.8 Å². The molecule has 0 aliphatic heterocycles. The number of carbonyl (C=O) groups excluding carboxylic acids is 1. The lowest BCUT2D eigenvalue weighted by Crippen LogP contribution is -2.46. The minimum absolute atomic E-state index is 0.0813. The van der Waals surface area contributed by atoms with Crippen LogP contribution in [0.5, 0.6) is 0 Å². The average Bonchev–Trinajstić information content (AvgIpc) is 2.60. The molecule has 0 heterocycles. The minimum Gasteiger partial charge on any atom is -0.351 e. The topological polar surface area (TPSA) is 64.8 Å². The van der Waals surface area contributed by atoms with Crippen LogP contribution in [-0.2, 0) is 20.7 Å². The van der Waals surface area contributed by atoms with Crippen LogP contribution in [0, 0.1) is 11.8 Å². The van der Waals surface area contributed by atoms with Crippen molar-refractivity contribution >= 4 is 5.91 Å². The summed E-state index contributed by atoms with van der Waals surface area (Å²) in [7, 11) is 0. The third kappa shape index (κ3) is 7.55. The first-order valence-corrected chi connectivity index (χ1v) is 9.29. The largest absolute Gasteiger partial charge is 0.351 e. The molecular formula is C20H34N2O3. The number of ether oxygens (including phenoxy) is 2. The zero-order chi connectivity index (χ0) is 18.7. The average molecular weight is 351 g/mol. The van der Waals surface area contributed by atoms with Gasteiger partial charge in [0.15, 0.2) is 6.29 Å². The summed E-state index contributed by atoms with van der Waals surface area (Å²) in [5, 5.41) is 0. The number of rotatable bonds is 12. The summed E-state index contributed by atoms with van der Waals surface area (Å²) < 4.78 is 11.3. The fourth-order valence-corrected chi connectivity index (χ4v) is 2.80. The molecule has 1 amide bonds. The molecule has 1 atom stereocenters. The number of hydrogen-bond acceptors (Lipinski definition) is 4. The second-order valence-corrected chi connectivity index (χ2v) is 6.45. The lowest BCUT2D eigenvalue weighted by molar-refractivity contribution is -0.161. The molecule has 0 spiro atoms. The van der Waals surface area contributed by atoms with Gasteiger partial charge in [-0.05, 0) is 31.7 Å². The standard InChI is InChI=1S/C20H34N2O3/c1-5-24-19(25-6-2)15-22(20(23)18(14-21)16(3)4)13-12-17-10-8-7-9-11-17/h7-11,16,18-19H,5-6,12-15,21H2,1-4H3/t18-/m0/s1. The Bertz CT molecular complexity index is 473. The summed E-state index contributed by atoms with van der Waals surface area (Å²) in [6, 6.07) is 10.2. The van der Waals surface area contributed by atoms with Crippen molar-refractivity contribution in [1.29, 1.82) is 0 Å². The molecule has 0 aliphatic rings. The van der Waals surface area contributed by atoms with Gasteiger partial charge in [-0.25, -0.2) is 0 Å². The molecule has 0 aromatic heterocycles. The van der Waals surface area contributed by atoms with Gasteiger partial charge in [0.2, 0.25) is 5.91 Å². The molecule has 0 saturated heterocycles. The second kappa shape index (κ2) is 12.0. The number of nitrogens with zero attached hydrogens (tertiary/aromatic N) is 1. The van der Waals surface area contributed by atoms with Crippen LogP contribution in [0.25, 0.3) is 0 Å². The van der Waals surface area contributed by atoms with Crippen LogP contribution in [0.1, 0.15) is 33.3 Å². The van der Waals surface area contributed by atoms with E-state index in [9.17, 15) is 4.79 Å². The van der Waals surface area contributed by atoms with Crippen molar-refractivity contribution in [1.82, 2.24) is 4.90 Å². The zero-order valence-corrected chi connectivity index (χ0v) is 16.1. The maximum absolute atomic E-state index is 13.0. The summed E-state index contributed by atoms with van der Waals surface area (Å²) in [4.78, 5) is 14.9. The van der Waals surface area contributed by atoms with E-state index in [0.717, 1.165) is 6.42 Å². The highest BCUT2D eigenvalue weighted by Crippen LogP contribution is 2.15. The maximum atomic E-state index is 13.0. The van der Waals surface area contributed by atoms with E-state index in [1.165, 1.54) is 5.56 Å². The third-order valence-corrected chi connectivity index (χ3v) is 4.28. The first-order valence-electron chi connectivity index (χ1n) is 9.29. The lowest BCUT2D eigenvalue weighted by atomic mass is 9.94. The van der Waals surface area contributed by atoms with Crippen molar-refractivity contribution in [3.05, 3.63) is 35.9 Å². The number of hydrogen-bond donors (Lipinski definition) is 1. The van der Waals surface area contributed by atoms with E-state index < -0.39 is 6.29 Å². The van der Waals surface area contributed by atoms with E-state index in [2.05, 4.69) is 12.1 Å². The molecule has 5 heteroatoms. The monoisotopic (exact) mass is 350 g/mol. The second-order valence-electron chi connectivity index (χ2n) is 6.45. The van der Waals surface area contributed by atoms with Crippen molar-refractivity contribution < 1.29 is 14.3 Å². The van der Waals surface area contributed by atoms with Gasteiger partial charge < -0.3 is 20.1 Å². The van der Waals surface area contributed by atoms with Crippen LogP contribution >= 0.6 is 0 Å². The summed E-state index contributed by atoms with van der Waals surface area (Å²) in [5.74, 6) is 0.104. The quantitative estimate of drug-likeness (QED) is 0.589. The number of amides is 1. The number of carbonyl (C=O) groups is 1. The molecule has 5 nitrogen and oxygen atoms in total. The molecule has 0 unspecified atom stereocenters. The van der Waals surface area contributed by atoms with Gasteiger partial charge in [0.1, 0.15) is 0 Å². The smallest absolute Gasteiger partial charge is 0.227 e. The Hall–Kier alpha value is -1.43. The molecule has 142 valence electrons. The van der Waals surface area contributed by atoms with E-state index in [-0.39, 0.29) is 17.7 Å². The Morgan fingerprint density at radius 3 is 2.20 bits per heavy atom. The SMILES string of the molecule is CCOC(CN(CCc1ccccc1)C(=O)[C@@H](CN)C(C)C)OCC. The highest BCUT2D eigenvalue weighted by Gasteiger charge is 2.28. The highest BCUT2D eigenvalue weighted by molar-refractivity contribution is 5.79. The van der Waals surface area contributed by atoms with E-state index in [1.54, 1.807) is 0 Å². The molecule has 1 aromatic rings. The van der Waals surface area contributed by atoms with Gasteiger partial charge in [-0.15, -0.1) is 0 Å². The Balaban J connectivity index is 2.85. The molecule has 1 rings (SSSR count). The normalized spacial score (nSPS) is 12.6. The predicted octanol–water partition coefficient (Wildman–Crippen LogP) is 2.69. The predicted molar refractivity (Wildman–Crippen MR) is 101 cm³/mol. The molecule has 1 aromatic carbocycles. The molecular weight excluding hydrogens is 316 g/mol. The highest BCUT2D eigenvalue weighted by atomic mass is 16.7. The first kappa shape index (κ1) is 21.6. The van der Waals surface area contributed by atoms with Crippen LogP contribution in [0.2, 0.25) is 0 Å². The molecule has 25 heavy (non-hydrogen) atoms. The first-order chi connectivity index (χ1) is 12.0. The minimum atomic E-state index is -0.402. The number of nitrogens with two attached hydrogens (primary N) is 1. The van der Waals surface area contributed by atoms with Crippen LogP contribution in [0.3, 0.4) is 0 Å². The lowest BCUT2D eigenvalue weighted by Gasteiger charge is -2.31. The van der Waals surface area contributed by atoms with Gasteiger partial charge in [-0.3, -0.25) is 4.79 Å². The Morgan fingerprint density at radius 1 is 1.12 bits per heavy atom. The summed E-state index contributed by atoms with van der Waals surface area (Å²) in [5.41, 5.74) is 7.06. The van der Waals surface area contributed by atoms with Crippen LogP contribution < -0.4 is 5.73 Å². The Labute approximate surface area is 152 Å². The van der Waals surface area contributed by atoms with Crippen molar-refractivity contribution in [3.63, 3.8) is 0 Å². The molecule has 0 fully saturated rings. The zero-order valence-electron chi connectivity index (χ0n) is 16.1. The van der Waals surface area contributed by atoms with Crippen LogP contribution in [-0.4, -0.2) is 49.9 Å². The van der Waals surface area contributed by atoms with Crippen molar-refractivity contribution in [2.24, 2.45) is 17.6 Å². The van der Waals surface area contributed by atoms with Gasteiger partial charge in [0.25, 0.3) is 0 Å². The Morgan fingerprint density at radius 2 is 1.72 bits per heavy atom. The Kier molecular flexibility index (Phi) is 10.4. The molecule has 0 bridgehead atoms. The van der Waals surface area contributed by atoms with Gasteiger partial charge in [-0.1, -0.05) is 44.2 Å². The molecule has 0 aliphatic carbocycles.